The van der Waals surface area contributed by atoms with Gasteiger partial charge in [-0.15, -0.1) is 0 Å². The van der Waals surface area contributed by atoms with E-state index in [1.807, 2.05) is 0 Å². The minimum atomic E-state index is 1.07. The van der Waals surface area contributed by atoms with E-state index in [0.717, 1.165) is 6.42 Å². The molecule has 1 aliphatic rings. The largest absolute Gasteiger partial charge is 0.0619 e. The lowest BCUT2D eigenvalue weighted by atomic mass is 10.0. The molecule has 0 spiro atoms. The Morgan fingerprint density at radius 3 is 2.24 bits per heavy atom. The highest BCUT2D eigenvalue weighted by Gasteiger charge is 2.18. The molecule has 0 aromatic heterocycles. The molecule has 84 valence electrons. The fourth-order valence-corrected chi connectivity index (χ4v) is 2.60. The van der Waals surface area contributed by atoms with E-state index in [0.29, 0.717) is 0 Å². The van der Waals surface area contributed by atoms with Crippen LogP contribution in [0.2, 0.25) is 0 Å². The molecule has 0 unspecified atom stereocenters. The van der Waals surface area contributed by atoms with Gasteiger partial charge in [-0.2, -0.15) is 0 Å². The van der Waals surface area contributed by atoms with E-state index < -0.39 is 0 Å². The van der Waals surface area contributed by atoms with Crippen LogP contribution in [0.15, 0.2) is 48.5 Å². The third-order valence-electron chi connectivity index (χ3n) is 3.64. The zero-order chi connectivity index (χ0) is 11.8. The highest BCUT2D eigenvalue weighted by atomic mass is 14.2. The Balaban J connectivity index is 2.08. The van der Waals surface area contributed by atoms with Gasteiger partial charge in [-0.1, -0.05) is 54.1 Å². The average molecular weight is 220 g/mol. The lowest BCUT2D eigenvalue weighted by molar-refractivity contribution is 1.31. The van der Waals surface area contributed by atoms with Crippen LogP contribution in [-0.2, 0) is 6.42 Å². The summed E-state index contributed by atoms with van der Waals surface area (Å²) in [5.41, 5.74) is 8.48. The van der Waals surface area contributed by atoms with Crippen LogP contribution in [0.5, 0.6) is 0 Å². The smallest absolute Gasteiger partial charge is 0.00109 e. The van der Waals surface area contributed by atoms with E-state index in [9.17, 15) is 0 Å². The predicted octanol–water partition coefficient (Wildman–Crippen LogP) is 4.48. The first kappa shape index (κ1) is 10.3. The summed E-state index contributed by atoms with van der Waals surface area (Å²) < 4.78 is 0. The number of fused-ring (bicyclic) bond motifs is 1. The normalized spacial score (nSPS) is 14.0. The molecule has 17 heavy (non-hydrogen) atoms. The van der Waals surface area contributed by atoms with E-state index in [-0.39, 0.29) is 0 Å². The Morgan fingerprint density at radius 2 is 1.53 bits per heavy atom. The quantitative estimate of drug-likeness (QED) is 0.664. The van der Waals surface area contributed by atoms with Crippen LogP contribution in [0.3, 0.4) is 0 Å². The summed E-state index contributed by atoms with van der Waals surface area (Å²) in [5, 5.41) is 0. The average Bonchev–Trinajstić information content (AvgIpc) is 2.69. The van der Waals surface area contributed by atoms with Crippen LogP contribution in [0.4, 0.5) is 0 Å². The summed E-state index contributed by atoms with van der Waals surface area (Å²) in [7, 11) is 0. The van der Waals surface area contributed by atoms with E-state index in [1.54, 1.807) is 0 Å². The molecule has 2 aromatic rings. The fourth-order valence-electron chi connectivity index (χ4n) is 2.60. The number of rotatable bonds is 1. The van der Waals surface area contributed by atoms with Crippen molar-refractivity contribution in [2.75, 3.05) is 0 Å². The third kappa shape index (κ3) is 1.70. The molecule has 0 fully saturated rings. The summed E-state index contributed by atoms with van der Waals surface area (Å²) in [6, 6.07) is 17.6. The summed E-state index contributed by atoms with van der Waals surface area (Å²) in [6.45, 7) is 4.37. The maximum Gasteiger partial charge on any atom is -0.00109 e. The van der Waals surface area contributed by atoms with Gasteiger partial charge in [-0.3, -0.25) is 0 Å². The van der Waals surface area contributed by atoms with Crippen LogP contribution < -0.4 is 0 Å². The lowest BCUT2D eigenvalue weighted by Gasteiger charge is -2.04. The maximum absolute atomic E-state index is 2.24. The fraction of sp³-hybridized carbons (Fsp3) is 0.176. The monoisotopic (exact) mass is 220 g/mol. The molecule has 2 aromatic carbocycles. The minimum Gasteiger partial charge on any atom is -0.0619 e. The molecule has 0 radical (unpaired) electrons. The first-order valence-electron chi connectivity index (χ1n) is 6.11. The molecular formula is C17H16. The third-order valence-corrected chi connectivity index (χ3v) is 3.64. The molecule has 0 saturated carbocycles. The van der Waals surface area contributed by atoms with Crippen molar-refractivity contribution in [3.8, 4) is 0 Å². The van der Waals surface area contributed by atoms with E-state index in [2.05, 4.69) is 62.4 Å². The Kier molecular flexibility index (Phi) is 2.36. The topological polar surface area (TPSA) is 0 Å². The zero-order valence-electron chi connectivity index (χ0n) is 10.3. The van der Waals surface area contributed by atoms with Crippen LogP contribution in [0, 0.1) is 6.92 Å². The highest BCUT2D eigenvalue weighted by molar-refractivity contribution is 5.96. The number of hydrogen-bond acceptors (Lipinski definition) is 0. The molecule has 0 heterocycles. The molecule has 0 nitrogen and oxygen atoms in total. The molecule has 0 saturated heterocycles. The van der Waals surface area contributed by atoms with Crippen molar-refractivity contribution in [3.63, 3.8) is 0 Å². The molecule has 0 heteroatoms. The Morgan fingerprint density at radius 1 is 0.824 bits per heavy atom. The second kappa shape index (κ2) is 3.89. The first-order chi connectivity index (χ1) is 8.25. The van der Waals surface area contributed by atoms with Gasteiger partial charge in [0.1, 0.15) is 0 Å². The Labute approximate surface area is 103 Å². The maximum atomic E-state index is 2.24. The van der Waals surface area contributed by atoms with Gasteiger partial charge in [-0.25, -0.2) is 0 Å². The van der Waals surface area contributed by atoms with Crippen molar-refractivity contribution in [2.24, 2.45) is 0 Å². The Bertz CT molecular complexity index is 586. The second-order valence-electron chi connectivity index (χ2n) is 4.80. The van der Waals surface area contributed by atoms with Gasteiger partial charge in [0.2, 0.25) is 0 Å². The number of aryl methyl sites for hydroxylation is 1. The van der Waals surface area contributed by atoms with Gasteiger partial charge in [0.05, 0.1) is 0 Å². The SMILES string of the molecule is CC1=C(c2ccc(C)cc2)Cc2ccccc21. The van der Waals surface area contributed by atoms with Crippen molar-refractivity contribution >= 4 is 11.1 Å². The van der Waals surface area contributed by atoms with Gasteiger partial charge in [0.15, 0.2) is 0 Å². The summed E-state index contributed by atoms with van der Waals surface area (Å²) >= 11 is 0. The van der Waals surface area contributed by atoms with Gasteiger partial charge in [-0.05, 0) is 48.1 Å². The van der Waals surface area contributed by atoms with Crippen molar-refractivity contribution in [2.45, 2.75) is 20.3 Å². The summed E-state index contributed by atoms with van der Waals surface area (Å²) in [4.78, 5) is 0. The number of allylic oxidation sites excluding steroid dienone is 2. The standard InChI is InChI=1S/C17H16/c1-12-7-9-14(10-8-12)17-11-15-5-3-4-6-16(15)13(17)2/h3-10H,11H2,1-2H3. The molecule has 1 aliphatic carbocycles. The van der Waals surface area contributed by atoms with E-state index in [4.69, 9.17) is 0 Å². The highest BCUT2D eigenvalue weighted by Crippen LogP contribution is 2.37. The van der Waals surface area contributed by atoms with E-state index in [1.165, 1.54) is 33.4 Å². The van der Waals surface area contributed by atoms with Crippen molar-refractivity contribution < 1.29 is 0 Å². The lowest BCUT2D eigenvalue weighted by Crippen LogP contribution is -1.85. The Hall–Kier alpha value is -1.82. The molecule has 0 N–H and O–H groups in total. The van der Waals surface area contributed by atoms with Crippen LogP contribution in [-0.4, -0.2) is 0 Å². The summed E-state index contributed by atoms with van der Waals surface area (Å²) in [5.74, 6) is 0. The molecule has 0 amide bonds. The number of benzene rings is 2. The van der Waals surface area contributed by atoms with Crippen LogP contribution in [0.1, 0.15) is 29.2 Å². The van der Waals surface area contributed by atoms with Gasteiger partial charge in [0, 0.05) is 0 Å². The van der Waals surface area contributed by atoms with Gasteiger partial charge >= 0.3 is 0 Å². The molecule has 3 rings (SSSR count). The predicted molar refractivity (Wildman–Crippen MR) is 73.8 cm³/mol. The van der Waals surface area contributed by atoms with Crippen molar-refractivity contribution in [1.82, 2.24) is 0 Å². The second-order valence-corrected chi connectivity index (χ2v) is 4.80. The van der Waals surface area contributed by atoms with Crippen molar-refractivity contribution in [1.29, 1.82) is 0 Å². The first-order valence-corrected chi connectivity index (χ1v) is 6.11. The molecule has 0 atom stereocenters. The molecular weight excluding hydrogens is 204 g/mol. The zero-order valence-corrected chi connectivity index (χ0v) is 10.3. The summed E-state index contributed by atoms with van der Waals surface area (Å²) in [6.07, 6.45) is 1.07. The van der Waals surface area contributed by atoms with Crippen LogP contribution in [0.25, 0.3) is 11.1 Å². The van der Waals surface area contributed by atoms with E-state index >= 15 is 0 Å². The van der Waals surface area contributed by atoms with Gasteiger partial charge < -0.3 is 0 Å². The molecule has 0 aliphatic heterocycles. The number of hydrogen-bond donors (Lipinski definition) is 0. The van der Waals surface area contributed by atoms with Gasteiger partial charge in [0.25, 0.3) is 0 Å². The van der Waals surface area contributed by atoms with Crippen molar-refractivity contribution in [3.05, 3.63) is 70.8 Å². The minimum absolute atomic E-state index is 1.07. The molecule has 0 bridgehead atoms. The van der Waals surface area contributed by atoms with Crippen LogP contribution >= 0.6 is 0 Å².